The van der Waals surface area contributed by atoms with E-state index in [9.17, 15) is 4.79 Å². The van der Waals surface area contributed by atoms with E-state index in [0.29, 0.717) is 6.42 Å². The highest BCUT2D eigenvalue weighted by Crippen LogP contribution is 2.16. The van der Waals surface area contributed by atoms with E-state index in [-0.39, 0.29) is 4.95 Å². The van der Waals surface area contributed by atoms with Crippen LogP contribution in [0, 0.1) is 0 Å². The van der Waals surface area contributed by atoms with Crippen LogP contribution in [0.4, 0.5) is 4.79 Å². The van der Waals surface area contributed by atoms with Gasteiger partial charge in [-0.05, 0) is 38.5 Å². The third kappa shape index (κ3) is 6.47. The van der Waals surface area contributed by atoms with E-state index in [1.165, 1.54) is 0 Å². The number of alkyl halides is 1. The van der Waals surface area contributed by atoms with Gasteiger partial charge in [-0.3, -0.25) is 0 Å². The molecule has 5 heteroatoms. The second-order valence-corrected chi connectivity index (χ2v) is 6.27. The van der Waals surface area contributed by atoms with Crippen LogP contribution in [0.2, 0.25) is 0 Å². The molecule has 19 heavy (non-hydrogen) atoms. The Morgan fingerprint density at radius 2 is 2.11 bits per heavy atom. The number of amides is 1. The van der Waals surface area contributed by atoms with E-state index in [1.54, 1.807) is 7.11 Å². The molecule has 0 bridgehead atoms. The molecule has 1 unspecified atom stereocenters. The molecule has 0 saturated carbocycles. The predicted molar refractivity (Wildman–Crippen MR) is 78.8 cm³/mol. The molecule has 0 spiro atoms. The fourth-order valence-electron chi connectivity index (χ4n) is 1.49. The third-order valence-corrected chi connectivity index (χ3v) is 2.78. The molecular formula is C14H20BrNO3. The molecule has 0 aliphatic rings. The van der Waals surface area contributed by atoms with Gasteiger partial charge in [0, 0.05) is 6.42 Å². The van der Waals surface area contributed by atoms with Crippen molar-refractivity contribution in [1.82, 2.24) is 5.32 Å². The minimum Gasteiger partial charge on any atom is -0.497 e. The number of nitrogens with one attached hydrogen (secondary N) is 1. The molecule has 0 aromatic heterocycles. The molecule has 106 valence electrons. The lowest BCUT2D eigenvalue weighted by atomic mass is 10.1. The molecule has 0 heterocycles. The van der Waals surface area contributed by atoms with Crippen molar-refractivity contribution in [2.24, 2.45) is 0 Å². The first-order valence-electron chi connectivity index (χ1n) is 6.06. The van der Waals surface area contributed by atoms with Gasteiger partial charge in [0.15, 0.2) is 0 Å². The maximum Gasteiger partial charge on any atom is 0.408 e. The quantitative estimate of drug-likeness (QED) is 0.679. The van der Waals surface area contributed by atoms with E-state index >= 15 is 0 Å². The summed E-state index contributed by atoms with van der Waals surface area (Å²) >= 11 is 3.42. The Morgan fingerprint density at radius 3 is 2.68 bits per heavy atom. The smallest absolute Gasteiger partial charge is 0.408 e. The van der Waals surface area contributed by atoms with Gasteiger partial charge in [0.2, 0.25) is 0 Å². The summed E-state index contributed by atoms with van der Waals surface area (Å²) in [5, 5.41) is 2.74. The first-order chi connectivity index (χ1) is 8.80. The van der Waals surface area contributed by atoms with Gasteiger partial charge in [0.05, 0.1) is 12.1 Å². The van der Waals surface area contributed by atoms with Crippen molar-refractivity contribution in [2.75, 3.05) is 7.11 Å². The maximum atomic E-state index is 11.6. The normalized spacial score (nSPS) is 12.7. The topological polar surface area (TPSA) is 47.6 Å². The van der Waals surface area contributed by atoms with E-state index < -0.39 is 11.7 Å². The van der Waals surface area contributed by atoms with Crippen LogP contribution in [0.5, 0.6) is 5.75 Å². The fraction of sp³-hybridized carbons (Fsp3) is 0.500. The van der Waals surface area contributed by atoms with E-state index in [2.05, 4.69) is 21.2 Å². The Hall–Kier alpha value is -1.23. The van der Waals surface area contributed by atoms with Crippen LogP contribution in [-0.2, 0) is 11.2 Å². The summed E-state index contributed by atoms with van der Waals surface area (Å²) in [4.78, 5) is 11.4. The summed E-state index contributed by atoms with van der Waals surface area (Å²) in [5.41, 5.74) is 0.574. The van der Waals surface area contributed by atoms with E-state index in [0.717, 1.165) is 11.3 Å². The van der Waals surface area contributed by atoms with Crippen LogP contribution < -0.4 is 10.1 Å². The highest BCUT2D eigenvalue weighted by molar-refractivity contribution is 9.09. The average molecular weight is 330 g/mol. The number of carbonyl (C=O) groups excluding carboxylic acids is 1. The Bertz CT molecular complexity index is 429. The molecule has 4 nitrogen and oxygen atoms in total. The van der Waals surface area contributed by atoms with Gasteiger partial charge in [-0.25, -0.2) is 4.79 Å². The van der Waals surface area contributed by atoms with Crippen LogP contribution in [0.25, 0.3) is 0 Å². The van der Waals surface area contributed by atoms with Crippen molar-refractivity contribution in [2.45, 2.75) is 37.7 Å². The van der Waals surface area contributed by atoms with Gasteiger partial charge >= 0.3 is 6.09 Å². The summed E-state index contributed by atoms with van der Waals surface area (Å²) in [6.45, 7) is 5.49. The van der Waals surface area contributed by atoms with Gasteiger partial charge in [0.25, 0.3) is 0 Å². The second-order valence-electron chi connectivity index (χ2n) is 5.17. The highest BCUT2D eigenvalue weighted by Gasteiger charge is 2.18. The lowest BCUT2D eigenvalue weighted by molar-refractivity contribution is 0.0523. The lowest BCUT2D eigenvalue weighted by Gasteiger charge is -2.21. The van der Waals surface area contributed by atoms with Gasteiger partial charge in [-0.15, -0.1) is 0 Å². The molecule has 1 N–H and O–H groups in total. The summed E-state index contributed by atoms with van der Waals surface area (Å²) in [5.74, 6) is 0.800. The minimum atomic E-state index is -0.493. The molecule has 1 amide bonds. The number of rotatable bonds is 4. The zero-order chi connectivity index (χ0) is 14.5. The molecule has 0 aliphatic carbocycles. The van der Waals surface area contributed by atoms with Crippen LogP contribution in [0.1, 0.15) is 26.3 Å². The molecule has 0 fully saturated rings. The van der Waals surface area contributed by atoms with Crippen molar-refractivity contribution in [3.05, 3.63) is 29.8 Å². The van der Waals surface area contributed by atoms with Crippen molar-refractivity contribution >= 4 is 22.0 Å². The molecule has 0 saturated heterocycles. The number of hydrogen-bond donors (Lipinski definition) is 1. The van der Waals surface area contributed by atoms with Crippen molar-refractivity contribution in [3.63, 3.8) is 0 Å². The van der Waals surface area contributed by atoms with Crippen LogP contribution in [-0.4, -0.2) is 23.8 Å². The standard InChI is InChI=1S/C14H20BrNO3/c1-14(2,3)19-13(17)16-12(15)9-10-6-5-7-11(8-10)18-4/h5-8,12H,9H2,1-4H3,(H,16,17). The molecular weight excluding hydrogens is 310 g/mol. The SMILES string of the molecule is COc1cccc(CC(Br)NC(=O)OC(C)(C)C)c1. The van der Waals surface area contributed by atoms with Crippen LogP contribution in [0.15, 0.2) is 24.3 Å². The Kier molecular flexibility index (Phi) is 5.66. The molecule has 0 radical (unpaired) electrons. The van der Waals surface area contributed by atoms with Gasteiger partial charge in [0.1, 0.15) is 11.4 Å². The summed E-state index contributed by atoms with van der Waals surface area (Å²) in [6, 6.07) is 7.72. The summed E-state index contributed by atoms with van der Waals surface area (Å²) in [7, 11) is 1.63. The second kappa shape index (κ2) is 6.80. The van der Waals surface area contributed by atoms with Gasteiger partial charge in [-0.2, -0.15) is 0 Å². The summed E-state index contributed by atoms with van der Waals surface area (Å²) < 4.78 is 10.3. The van der Waals surface area contributed by atoms with Crippen LogP contribution >= 0.6 is 15.9 Å². The molecule has 1 rings (SSSR count). The van der Waals surface area contributed by atoms with E-state index in [4.69, 9.17) is 9.47 Å². The molecule has 1 atom stereocenters. The van der Waals surface area contributed by atoms with Crippen molar-refractivity contribution < 1.29 is 14.3 Å². The number of hydrogen-bond acceptors (Lipinski definition) is 3. The summed E-state index contributed by atoms with van der Waals surface area (Å²) in [6.07, 6.45) is 0.216. The Balaban J connectivity index is 2.50. The number of methoxy groups -OCH3 is 1. The largest absolute Gasteiger partial charge is 0.497 e. The lowest BCUT2D eigenvalue weighted by Crippen LogP contribution is -2.37. The number of alkyl carbamates (subject to hydrolysis) is 1. The first kappa shape index (κ1) is 15.8. The third-order valence-electron chi connectivity index (χ3n) is 2.22. The minimum absolute atomic E-state index is 0.186. The number of benzene rings is 1. The van der Waals surface area contributed by atoms with Crippen LogP contribution in [0.3, 0.4) is 0 Å². The monoisotopic (exact) mass is 329 g/mol. The zero-order valence-electron chi connectivity index (χ0n) is 11.7. The highest BCUT2D eigenvalue weighted by atomic mass is 79.9. The molecule has 1 aromatic rings. The fourth-order valence-corrected chi connectivity index (χ4v) is 2.05. The van der Waals surface area contributed by atoms with Crippen molar-refractivity contribution in [1.29, 1.82) is 0 Å². The maximum absolute atomic E-state index is 11.6. The average Bonchev–Trinajstić information content (AvgIpc) is 2.26. The molecule has 1 aromatic carbocycles. The van der Waals surface area contributed by atoms with Gasteiger partial charge in [-0.1, -0.05) is 28.1 Å². The van der Waals surface area contributed by atoms with Crippen molar-refractivity contribution in [3.8, 4) is 5.75 Å². The first-order valence-corrected chi connectivity index (χ1v) is 6.98. The Labute approximate surface area is 122 Å². The Morgan fingerprint density at radius 1 is 1.42 bits per heavy atom. The number of ether oxygens (including phenoxy) is 2. The predicted octanol–water partition coefficient (Wildman–Crippen LogP) is 3.48. The molecule has 0 aliphatic heterocycles. The zero-order valence-corrected chi connectivity index (χ0v) is 13.3. The van der Waals surface area contributed by atoms with Gasteiger partial charge < -0.3 is 14.8 Å². The van der Waals surface area contributed by atoms with E-state index in [1.807, 2.05) is 45.0 Å². The number of halogens is 1. The number of carbonyl (C=O) groups is 1.